The van der Waals surface area contributed by atoms with Crippen molar-refractivity contribution in [2.75, 3.05) is 13.7 Å². The largest absolute Gasteiger partial charge is 0.493 e. The van der Waals surface area contributed by atoms with E-state index in [-0.39, 0.29) is 18.1 Å². The number of halogens is 1. The molecular formula is C25H23BrN2O6. The van der Waals surface area contributed by atoms with Gasteiger partial charge in [-0.25, -0.2) is 10.2 Å². The van der Waals surface area contributed by atoms with Gasteiger partial charge in [-0.2, -0.15) is 5.10 Å². The lowest BCUT2D eigenvalue weighted by atomic mass is 10.1. The van der Waals surface area contributed by atoms with Crippen LogP contribution in [0.1, 0.15) is 38.8 Å². The summed E-state index contributed by atoms with van der Waals surface area (Å²) in [5.74, 6) is 0.295. The summed E-state index contributed by atoms with van der Waals surface area (Å²) in [6.45, 7) is 2.65. The lowest BCUT2D eigenvalue weighted by Gasteiger charge is -2.10. The lowest BCUT2D eigenvalue weighted by Crippen LogP contribution is -2.17. The molecule has 0 aliphatic rings. The highest BCUT2D eigenvalue weighted by molar-refractivity contribution is 9.10. The van der Waals surface area contributed by atoms with Gasteiger partial charge in [-0.3, -0.25) is 4.79 Å². The number of benzene rings is 3. The van der Waals surface area contributed by atoms with Gasteiger partial charge in [-0.15, -0.1) is 0 Å². The molecule has 0 aromatic heterocycles. The molecule has 0 radical (unpaired) electrons. The van der Waals surface area contributed by atoms with E-state index in [4.69, 9.17) is 19.3 Å². The number of nitrogens with zero attached hydrogens (tertiary/aromatic N) is 1. The van der Waals surface area contributed by atoms with Gasteiger partial charge in [-0.1, -0.05) is 12.1 Å². The predicted octanol–water partition coefficient (Wildman–Crippen LogP) is 4.90. The van der Waals surface area contributed by atoms with Crippen LogP contribution >= 0.6 is 15.9 Å². The van der Waals surface area contributed by atoms with Crippen molar-refractivity contribution >= 4 is 34.0 Å². The van der Waals surface area contributed by atoms with E-state index in [9.17, 15) is 9.59 Å². The van der Waals surface area contributed by atoms with Crippen LogP contribution in [0.5, 0.6) is 17.2 Å². The van der Waals surface area contributed by atoms with Gasteiger partial charge in [0, 0.05) is 5.56 Å². The van der Waals surface area contributed by atoms with E-state index >= 15 is 0 Å². The van der Waals surface area contributed by atoms with Gasteiger partial charge < -0.3 is 19.3 Å². The van der Waals surface area contributed by atoms with Crippen molar-refractivity contribution in [2.45, 2.75) is 13.5 Å². The number of carboxylic acids is 1. The highest BCUT2D eigenvalue weighted by atomic mass is 79.9. The van der Waals surface area contributed by atoms with Crippen molar-refractivity contribution in [3.8, 4) is 17.2 Å². The van der Waals surface area contributed by atoms with Crippen molar-refractivity contribution in [1.29, 1.82) is 0 Å². The maximum absolute atomic E-state index is 12.4. The highest BCUT2D eigenvalue weighted by Gasteiger charge is 2.11. The molecule has 2 N–H and O–H groups in total. The predicted molar refractivity (Wildman–Crippen MR) is 131 cm³/mol. The molecule has 176 valence electrons. The average molecular weight is 527 g/mol. The molecule has 0 spiro atoms. The van der Waals surface area contributed by atoms with E-state index in [1.54, 1.807) is 48.5 Å². The van der Waals surface area contributed by atoms with Crippen LogP contribution < -0.4 is 19.6 Å². The second kappa shape index (κ2) is 11.9. The standard InChI is InChI=1S/C25H23BrN2O6/c1-3-33-22-11-9-19(13-23(22)32-2)24(29)28-27-14-17-6-10-21(20(26)12-17)34-15-16-4-7-18(8-5-16)25(30)31/h4-14H,3,15H2,1-2H3,(H,28,29)(H,30,31)/b27-14+. The Bertz CT molecular complexity index is 1190. The van der Waals surface area contributed by atoms with E-state index < -0.39 is 5.97 Å². The van der Waals surface area contributed by atoms with Crippen LogP contribution in [-0.4, -0.2) is 36.9 Å². The Morgan fingerprint density at radius 3 is 2.32 bits per heavy atom. The lowest BCUT2D eigenvalue weighted by molar-refractivity contribution is 0.0696. The van der Waals surface area contributed by atoms with Crippen LogP contribution in [0.4, 0.5) is 0 Å². The van der Waals surface area contributed by atoms with Gasteiger partial charge in [0.15, 0.2) is 11.5 Å². The third-order valence-electron chi connectivity index (χ3n) is 4.66. The van der Waals surface area contributed by atoms with E-state index in [2.05, 4.69) is 26.5 Å². The summed E-state index contributed by atoms with van der Waals surface area (Å²) in [5.41, 5.74) is 4.69. The minimum Gasteiger partial charge on any atom is -0.493 e. The smallest absolute Gasteiger partial charge is 0.335 e. The fraction of sp³-hybridized carbons (Fsp3) is 0.160. The molecule has 8 nitrogen and oxygen atoms in total. The molecule has 0 unspecified atom stereocenters. The number of methoxy groups -OCH3 is 1. The van der Waals surface area contributed by atoms with E-state index in [0.717, 1.165) is 11.1 Å². The molecule has 34 heavy (non-hydrogen) atoms. The van der Waals surface area contributed by atoms with Gasteiger partial charge in [0.2, 0.25) is 0 Å². The Hall–Kier alpha value is -3.85. The number of aromatic carboxylic acids is 1. The number of ether oxygens (including phenoxy) is 3. The quantitative estimate of drug-likeness (QED) is 0.287. The first-order valence-corrected chi connectivity index (χ1v) is 11.1. The summed E-state index contributed by atoms with van der Waals surface area (Å²) in [6.07, 6.45) is 1.52. The van der Waals surface area contributed by atoms with Crippen LogP contribution in [0.3, 0.4) is 0 Å². The molecule has 3 aromatic carbocycles. The summed E-state index contributed by atoms with van der Waals surface area (Å²) in [4.78, 5) is 23.3. The second-order valence-corrected chi connectivity index (χ2v) is 7.83. The topological polar surface area (TPSA) is 106 Å². The Morgan fingerprint density at radius 1 is 0.971 bits per heavy atom. The number of hydrogen-bond donors (Lipinski definition) is 2. The highest BCUT2D eigenvalue weighted by Crippen LogP contribution is 2.28. The molecule has 0 saturated heterocycles. The monoisotopic (exact) mass is 526 g/mol. The fourth-order valence-electron chi connectivity index (χ4n) is 2.93. The first-order valence-electron chi connectivity index (χ1n) is 10.3. The van der Waals surface area contributed by atoms with Crippen LogP contribution in [0.25, 0.3) is 0 Å². The normalized spacial score (nSPS) is 10.7. The maximum atomic E-state index is 12.4. The van der Waals surface area contributed by atoms with Crippen LogP contribution in [0.15, 0.2) is 70.2 Å². The maximum Gasteiger partial charge on any atom is 0.335 e. The number of rotatable bonds is 10. The molecule has 1 amide bonds. The molecular weight excluding hydrogens is 504 g/mol. The third kappa shape index (κ3) is 6.58. The number of carbonyl (C=O) groups excluding carboxylic acids is 1. The zero-order chi connectivity index (χ0) is 24.5. The van der Waals surface area contributed by atoms with Crippen LogP contribution in [-0.2, 0) is 6.61 Å². The van der Waals surface area contributed by atoms with Gasteiger partial charge in [0.1, 0.15) is 12.4 Å². The molecule has 0 atom stereocenters. The second-order valence-electron chi connectivity index (χ2n) is 6.98. The molecule has 0 aliphatic carbocycles. The minimum atomic E-state index is -0.970. The van der Waals surface area contributed by atoms with Crippen LogP contribution in [0.2, 0.25) is 0 Å². The molecule has 0 saturated carbocycles. The van der Waals surface area contributed by atoms with Crippen molar-refractivity contribution in [1.82, 2.24) is 5.43 Å². The molecule has 0 aliphatic heterocycles. The van der Waals surface area contributed by atoms with Gasteiger partial charge in [-0.05, 0) is 82.5 Å². The first kappa shape index (κ1) is 24.8. The van der Waals surface area contributed by atoms with Gasteiger partial charge in [0.25, 0.3) is 5.91 Å². The summed E-state index contributed by atoms with van der Waals surface area (Å²) in [7, 11) is 1.51. The number of hydrogen-bond acceptors (Lipinski definition) is 6. The summed E-state index contributed by atoms with van der Waals surface area (Å²) >= 11 is 3.47. The van der Waals surface area contributed by atoms with E-state index in [1.165, 1.54) is 25.5 Å². The Labute approximate surface area is 205 Å². The zero-order valence-corrected chi connectivity index (χ0v) is 20.2. The summed E-state index contributed by atoms with van der Waals surface area (Å²) in [6, 6.07) is 16.8. The third-order valence-corrected chi connectivity index (χ3v) is 5.28. The molecule has 0 bridgehead atoms. The molecule has 3 rings (SSSR count). The van der Waals surface area contributed by atoms with Gasteiger partial charge >= 0.3 is 5.97 Å². The van der Waals surface area contributed by atoms with Crippen molar-refractivity contribution < 1.29 is 28.9 Å². The summed E-state index contributed by atoms with van der Waals surface area (Å²) < 4.78 is 17.2. The Balaban J connectivity index is 1.57. The Morgan fingerprint density at radius 2 is 1.68 bits per heavy atom. The molecule has 0 fully saturated rings. The van der Waals surface area contributed by atoms with Crippen molar-refractivity contribution in [3.05, 3.63) is 87.4 Å². The number of carboxylic acid groups (broad SMARTS) is 1. The minimum absolute atomic E-state index is 0.224. The Kier molecular flexibility index (Phi) is 8.64. The van der Waals surface area contributed by atoms with Gasteiger partial charge in [0.05, 0.1) is 30.0 Å². The molecule has 0 heterocycles. The zero-order valence-electron chi connectivity index (χ0n) is 18.6. The SMILES string of the molecule is CCOc1ccc(C(=O)N/N=C/c2ccc(OCc3ccc(C(=O)O)cc3)c(Br)c2)cc1OC. The fourth-order valence-corrected chi connectivity index (χ4v) is 3.44. The van der Waals surface area contributed by atoms with E-state index in [1.807, 2.05) is 6.92 Å². The number of carbonyl (C=O) groups is 2. The first-order chi connectivity index (χ1) is 16.4. The summed E-state index contributed by atoms with van der Waals surface area (Å²) in [5, 5.41) is 13.0. The van der Waals surface area contributed by atoms with Crippen LogP contribution in [0, 0.1) is 0 Å². The number of nitrogens with one attached hydrogen (secondary N) is 1. The average Bonchev–Trinajstić information content (AvgIpc) is 2.84. The molecule has 3 aromatic rings. The number of hydrazone groups is 1. The van der Waals surface area contributed by atoms with Crippen molar-refractivity contribution in [2.24, 2.45) is 5.10 Å². The number of amides is 1. The van der Waals surface area contributed by atoms with Crippen molar-refractivity contribution in [3.63, 3.8) is 0 Å². The molecule has 9 heteroatoms. The van der Waals surface area contributed by atoms with E-state index in [0.29, 0.717) is 33.9 Å².